The Balaban J connectivity index is 0.901. The lowest BCUT2D eigenvalue weighted by atomic mass is 9.90. The summed E-state index contributed by atoms with van der Waals surface area (Å²) in [6.45, 7) is 1.98. The molecule has 7 rings (SSSR count). The zero-order valence-corrected chi connectivity index (χ0v) is 28.4. The molecule has 1 heterocycles. The van der Waals surface area contributed by atoms with Crippen molar-refractivity contribution in [3.8, 4) is 29.1 Å². The first kappa shape index (κ1) is 34.9. The number of nitrogens with one attached hydrogen (secondary N) is 1. The highest BCUT2D eigenvalue weighted by molar-refractivity contribution is 5.93. The predicted molar refractivity (Wildman–Crippen MR) is 195 cm³/mol. The summed E-state index contributed by atoms with van der Waals surface area (Å²) in [4.78, 5) is 12.9. The van der Waals surface area contributed by atoms with E-state index in [2.05, 4.69) is 11.8 Å². The minimum Gasteiger partial charge on any atom is -0.493 e. The fraction of sp³-hybridized carbons (Fsp3) is 0.256. The van der Waals surface area contributed by atoms with Gasteiger partial charge in [0.05, 0.1) is 24.4 Å². The summed E-state index contributed by atoms with van der Waals surface area (Å²) < 4.78 is 43.5. The van der Waals surface area contributed by atoms with Crippen LogP contribution >= 0.6 is 0 Å². The lowest BCUT2D eigenvalue weighted by Gasteiger charge is -2.18. The molecule has 52 heavy (non-hydrogen) atoms. The lowest BCUT2D eigenvalue weighted by molar-refractivity contribution is -0.0219. The monoisotopic (exact) mass is 699 g/mol. The Labute approximate surface area is 301 Å². The quantitative estimate of drug-likeness (QED) is 0.0244. The number of fused-ring (bicyclic) bond motifs is 2. The molecule has 8 nitrogen and oxygen atoms in total. The Bertz CT molecular complexity index is 2130. The molecule has 5 aromatic rings. The van der Waals surface area contributed by atoms with Gasteiger partial charge in [-0.15, -0.1) is 0 Å². The van der Waals surface area contributed by atoms with Gasteiger partial charge in [-0.05, 0) is 103 Å². The number of rotatable bonds is 13. The normalized spacial score (nSPS) is 18.0. The smallest absolute Gasteiger partial charge is 0.343 e. The van der Waals surface area contributed by atoms with E-state index in [9.17, 15) is 9.90 Å². The van der Waals surface area contributed by atoms with Gasteiger partial charge in [-0.25, -0.2) is 9.18 Å². The number of benzene rings is 5. The highest BCUT2D eigenvalue weighted by Gasteiger charge is 2.43. The second kappa shape index (κ2) is 16.2. The van der Waals surface area contributed by atoms with E-state index < -0.39 is 18.1 Å². The van der Waals surface area contributed by atoms with Crippen LogP contribution in [-0.2, 0) is 9.47 Å². The number of carbonyl (C=O) groups is 1. The van der Waals surface area contributed by atoms with Crippen molar-refractivity contribution in [1.82, 2.24) is 0 Å². The topological polar surface area (TPSA) is 111 Å². The molecule has 0 aromatic heterocycles. The number of epoxide rings is 1. The average Bonchev–Trinajstić information content (AvgIpc) is 3.96. The Morgan fingerprint density at radius 2 is 1.69 bits per heavy atom. The first-order valence-electron chi connectivity index (χ1n) is 17.4. The number of halogens is 1. The fourth-order valence-corrected chi connectivity index (χ4v) is 6.29. The molecule has 4 unspecified atom stereocenters. The van der Waals surface area contributed by atoms with E-state index in [1.54, 1.807) is 30.3 Å². The second-order valence-electron chi connectivity index (χ2n) is 13.0. The molecular weight excluding hydrogens is 661 g/mol. The molecule has 1 aliphatic carbocycles. The third kappa shape index (κ3) is 8.85. The van der Waals surface area contributed by atoms with Gasteiger partial charge in [0.15, 0.2) is 11.6 Å². The van der Waals surface area contributed by atoms with Gasteiger partial charge in [-0.2, -0.15) is 0 Å². The summed E-state index contributed by atoms with van der Waals surface area (Å²) in [6.07, 6.45) is 4.83. The molecule has 1 saturated heterocycles. The molecule has 2 fully saturated rings. The Morgan fingerprint density at radius 3 is 2.52 bits per heavy atom. The first-order chi connectivity index (χ1) is 25.4. The van der Waals surface area contributed by atoms with E-state index in [1.165, 1.54) is 18.6 Å². The van der Waals surface area contributed by atoms with Crippen LogP contribution in [0.4, 0.5) is 4.39 Å². The molecule has 0 amide bonds. The second-order valence-corrected chi connectivity index (χ2v) is 13.0. The Kier molecular flexibility index (Phi) is 10.9. The molecule has 2 N–H and O–H groups in total. The van der Waals surface area contributed by atoms with E-state index in [0.717, 1.165) is 60.2 Å². The highest BCUT2D eigenvalue weighted by atomic mass is 19.1. The van der Waals surface area contributed by atoms with Gasteiger partial charge < -0.3 is 34.2 Å². The molecule has 1 aliphatic heterocycles. The number of aliphatic hydroxyl groups excluding tert-OH is 1. The number of hydrogen-bond acceptors (Lipinski definition) is 8. The van der Waals surface area contributed by atoms with Crippen molar-refractivity contribution in [2.75, 3.05) is 19.8 Å². The van der Waals surface area contributed by atoms with E-state index in [0.29, 0.717) is 48.0 Å². The van der Waals surface area contributed by atoms with Crippen molar-refractivity contribution in [2.24, 2.45) is 5.92 Å². The van der Waals surface area contributed by atoms with Gasteiger partial charge in [0.2, 0.25) is 6.29 Å². The zero-order chi connectivity index (χ0) is 35.9. The number of carbonyl (C=O) groups excluding carboxylic acids is 1. The van der Waals surface area contributed by atoms with Crippen LogP contribution in [0.3, 0.4) is 0 Å². The molecular formula is C43H38FNO7. The van der Waals surface area contributed by atoms with Gasteiger partial charge in [0.1, 0.15) is 11.5 Å². The van der Waals surface area contributed by atoms with Crippen molar-refractivity contribution in [2.45, 2.75) is 44.2 Å². The van der Waals surface area contributed by atoms with Gasteiger partial charge in [0, 0.05) is 48.1 Å². The molecule has 0 bridgehead atoms. The third-order valence-corrected chi connectivity index (χ3v) is 9.19. The minimum atomic E-state index is -1.46. The number of hydrogen-bond donors (Lipinski definition) is 2. The molecule has 264 valence electrons. The van der Waals surface area contributed by atoms with Gasteiger partial charge in [-0.3, -0.25) is 0 Å². The summed E-state index contributed by atoms with van der Waals surface area (Å²) in [5.41, 5.74) is 2.19. The van der Waals surface area contributed by atoms with Crippen LogP contribution in [0.5, 0.6) is 17.2 Å². The molecule has 4 atom stereocenters. The number of ether oxygens (including phenoxy) is 5. The van der Waals surface area contributed by atoms with Gasteiger partial charge in [0.25, 0.3) is 0 Å². The maximum atomic E-state index is 15.1. The fourth-order valence-electron chi connectivity index (χ4n) is 6.29. The van der Waals surface area contributed by atoms with E-state index in [4.69, 9.17) is 29.1 Å². The van der Waals surface area contributed by atoms with Crippen molar-refractivity contribution in [3.63, 3.8) is 0 Å². The van der Waals surface area contributed by atoms with Crippen LogP contribution in [0.1, 0.15) is 64.6 Å². The summed E-state index contributed by atoms with van der Waals surface area (Å²) in [7, 11) is 0. The van der Waals surface area contributed by atoms with Crippen molar-refractivity contribution in [3.05, 3.63) is 137 Å². The maximum Gasteiger partial charge on any atom is 0.343 e. The lowest BCUT2D eigenvalue weighted by Crippen LogP contribution is -2.19. The molecule has 5 aromatic carbocycles. The first-order valence-corrected chi connectivity index (χ1v) is 17.4. The van der Waals surface area contributed by atoms with Crippen LogP contribution in [-0.4, -0.2) is 49.3 Å². The van der Waals surface area contributed by atoms with Crippen LogP contribution in [0.2, 0.25) is 0 Å². The minimum absolute atomic E-state index is 0.0643. The zero-order valence-electron chi connectivity index (χ0n) is 28.4. The van der Waals surface area contributed by atoms with Gasteiger partial charge >= 0.3 is 5.97 Å². The van der Waals surface area contributed by atoms with Crippen molar-refractivity contribution >= 4 is 23.0 Å². The van der Waals surface area contributed by atoms with E-state index in [-0.39, 0.29) is 17.1 Å². The summed E-state index contributed by atoms with van der Waals surface area (Å²) in [6, 6.07) is 28.9. The van der Waals surface area contributed by atoms with Crippen molar-refractivity contribution in [1.29, 1.82) is 5.41 Å². The molecule has 9 heteroatoms. The van der Waals surface area contributed by atoms with E-state index in [1.807, 2.05) is 54.6 Å². The molecule has 2 aliphatic rings. The SMILES string of the molecule is N=Cc1cc(C#Cc2ccccc2)ccc1OC(=O)c1ccc(OC(O)c2ccc3cc(OCCCOCC4CCC5OC5C4)ccc3c2)c(F)c1. The predicted octanol–water partition coefficient (Wildman–Crippen LogP) is 8.02. The standard InChI is InChI=1S/C43H38FNO7/c44-37-25-34(43(47)51-38-16-9-29(21-35(38)26-45)8-7-28-5-2-1-3-6-28)14-18-39(37)52-42(46)33-12-11-32-24-36(15-13-31(32)23-33)49-20-4-19-48-27-30-10-17-40-41(22-30)50-40/h1-3,5-6,9,11-16,18,21,23-26,30,40-42,45-46H,4,10,17,19-20,22,27H2. The largest absolute Gasteiger partial charge is 0.493 e. The maximum absolute atomic E-state index is 15.1. The summed E-state index contributed by atoms with van der Waals surface area (Å²) in [5.74, 6) is 5.66. The molecule has 0 spiro atoms. The van der Waals surface area contributed by atoms with Crippen LogP contribution in [0.15, 0.2) is 103 Å². The Hall–Kier alpha value is -5.53. The number of aliphatic hydroxyl groups is 1. The Morgan fingerprint density at radius 1 is 0.885 bits per heavy atom. The summed E-state index contributed by atoms with van der Waals surface area (Å²) in [5, 5.41) is 20.3. The van der Waals surface area contributed by atoms with E-state index >= 15 is 4.39 Å². The summed E-state index contributed by atoms with van der Waals surface area (Å²) >= 11 is 0. The average molecular weight is 700 g/mol. The molecule has 1 saturated carbocycles. The van der Waals surface area contributed by atoms with Crippen LogP contribution in [0, 0.1) is 29.0 Å². The molecule has 0 radical (unpaired) electrons. The highest BCUT2D eigenvalue weighted by Crippen LogP contribution is 2.39. The van der Waals surface area contributed by atoms with Crippen molar-refractivity contribution < 1.29 is 38.0 Å². The third-order valence-electron chi connectivity index (χ3n) is 9.19. The van der Waals surface area contributed by atoms with Crippen LogP contribution in [0.25, 0.3) is 10.8 Å². The van der Waals surface area contributed by atoms with Crippen LogP contribution < -0.4 is 14.2 Å². The number of esters is 1. The van der Waals surface area contributed by atoms with Gasteiger partial charge in [-0.1, -0.05) is 48.2 Å².